The van der Waals surface area contributed by atoms with Gasteiger partial charge in [-0.15, -0.1) is 0 Å². The highest BCUT2D eigenvalue weighted by atomic mass is 79.9. The maximum atomic E-state index is 3.85. The van der Waals surface area contributed by atoms with Gasteiger partial charge >= 0.3 is 0 Å². The highest BCUT2D eigenvalue weighted by Crippen LogP contribution is 2.77. The molecule has 3 atom stereocenters. The van der Waals surface area contributed by atoms with Gasteiger partial charge in [0.05, 0.1) is 3.23 Å². The second-order valence-electron chi connectivity index (χ2n) is 6.43. The number of fused-ring (bicyclic) bond motifs is 1. The van der Waals surface area contributed by atoms with Crippen molar-refractivity contribution in [3.8, 4) is 0 Å². The molecule has 2 fully saturated rings. The third kappa shape index (κ3) is 1.43. The molecular formula is C12H20Br2. The fraction of sp³-hybridized carbons (Fsp3) is 1.00. The van der Waals surface area contributed by atoms with Gasteiger partial charge < -0.3 is 0 Å². The van der Waals surface area contributed by atoms with E-state index in [4.69, 9.17) is 0 Å². The molecule has 0 saturated heterocycles. The van der Waals surface area contributed by atoms with Crippen molar-refractivity contribution in [2.75, 3.05) is 0 Å². The van der Waals surface area contributed by atoms with Crippen LogP contribution >= 0.6 is 31.9 Å². The number of hydrogen-bond acceptors (Lipinski definition) is 0. The maximum absolute atomic E-state index is 3.85. The van der Waals surface area contributed by atoms with E-state index in [2.05, 4.69) is 59.6 Å². The van der Waals surface area contributed by atoms with E-state index in [1.807, 2.05) is 0 Å². The summed E-state index contributed by atoms with van der Waals surface area (Å²) in [5.41, 5.74) is 1.01. The summed E-state index contributed by atoms with van der Waals surface area (Å²) in [4.78, 5) is 0. The summed E-state index contributed by atoms with van der Waals surface area (Å²) in [6.45, 7) is 9.56. The van der Waals surface area contributed by atoms with Gasteiger partial charge in [-0.3, -0.25) is 0 Å². The van der Waals surface area contributed by atoms with E-state index in [-0.39, 0.29) is 3.23 Å². The van der Waals surface area contributed by atoms with Crippen LogP contribution in [0.5, 0.6) is 0 Å². The summed E-state index contributed by atoms with van der Waals surface area (Å²) in [6.07, 6.45) is 4.15. The molecule has 2 saturated carbocycles. The smallest absolute Gasteiger partial charge is 0.0718 e. The lowest BCUT2D eigenvalue weighted by Gasteiger charge is -2.35. The minimum absolute atomic E-state index is 0.257. The Kier molecular flexibility index (Phi) is 2.45. The molecule has 2 aliphatic rings. The number of rotatable bonds is 0. The van der Waals surface area contributed by atoms with Crippen molar-refractivity contribution >= 4 is 31.9 Å². The molecule has 0 radical (unpaired) electrons. The molecule has 0 aliphatic heterocycles. The molecule has 0 aromatic carbocycles. The Morgan fingerprint density at radius 1 is 1.21 bits per heavy atom. The normalized spacial score (nSPS) is 45.9. The van der Waals surface area contributed by atoms with Crippen molar-refractivity contribution in [2.24, 2.45) is 22.7 Å². The van der Waals surface area contributed by atoms with E-state index >= 15 is 0 Å². The zero-order valence-electron chi connectivity index (χ0n) is 9.53. The fourth-order valence-corrected chi connectivity index (χ4v) is 5.19. The minimum Gasteiger partial charge on any atom is -0.0718 e. The fourth-order valence-electron chi connectivity index (χ4n) is 3.09. The summed E-state index contributed by atoms with van der Waals surface area (Å²) >= 11 is 7.69. The molecule has 0 aromatic heterocycles. The van der Waals surface area contributed by atoms with Crippen molar-refractivity contribution in [2.45, 2.75) is 50.2 Å². The molecule has 2 rings (SSSR count). The van der Waals surface area contributed by atoms with Crippen LogP contribution in [0.2, 0.25) is 0 Å². The van der Waals surface area contributed by atoms with Crippen molar-refractivity contribution < 1.29 is 0 Å². The zero-order chi connectivity index (χ0) is 10.8. The second kappa shape index (κ2) is 3.00. The van der Waals surface area contributed by atoms with Gasteiger partial charge in [0.1, 0.15) is 0 Å². The predicted molar refractivity (Wildman–Crippen MR) is 69.0 cm³/mol. The average Bonchev–Trinajstić information content (AvgIpc) is 2.44. The second-order valence-corrected chi connectivity index (χ2v) is 10.00. The lowest BCUT2D eigenvalue weighted by molar-refractivity contribution is 0.151. The molecular weight excluding hydrogens is 304 g/mol. The first-order valence-electron chi connectivity index (χ1n) is 5.57. The quantitative estimate of drug-likeness (QED) is 0.553. The van der Waals surface area contributed by atoms with Crippen molar-refractivity contribution in [1.29, 1.82) is 0 Å². The van der Waals surface area contributed by atoms with E-state index in [9.17, 15) is 0 Å². The van der Waals surface area contributed by atoms with Crippen LogP contribution in [0.4, 0.5) is 0 Å². The minimum atomic E-state index is 0.257. The Hall–Kier alpha value is 0.960. The van der Waals surface area contributed by atoms with Gasteiger partial charge in [0.15, 0.2) is 0 Å². The summed E-state index contributed by atoms with van der Waals surface area (Å²) in [7, 11) is 0. The summed E-state index contributed by atoms with van der Waals surface area (Å²) in [5, 5.41) is 0. The van der Waals surface area contributed by atoms with Gasteiger partial charge in [0.2, 0.25) is 0 Å². The molecule has 2 heteroatoms. The molecule has 0 nitrogen and oxygen atoms in total. The van der Waals surface area contributed by atoms with Crippen LogP contribution in [0.15, 0.2) is 0 Å². The highest BCUT2D eigenvalue weighted by Gasteiger charge is 2.72. The van der Waals surface area contributed by atoms with Crippen LogP contribution in [-0.4, -0.2) is 3.23 Å². The Morgan fingerprint density at radius 2 is 1.79 bits per heavy atom. The average molecular weight is 324 g/mol. The Bertz CT molecular complexity index is 252. The standard InChI is InChI=1S/C12H20Br2/c1-10(2,3)8-5-6-11(4)9(7-8)12(11,13)14/h8-9H,5-7H2,1-4H3/t8-,9-,11+/m1/s1. The van der Waals surface area contributed by atoms with E-state index < -0.39 is 0 Å². The van der Waals surface area contributed by atoms with Crippen LogP contribution in [-0.2, 0) is 0 Å². The number of hydrogen-bond donors (Lipinski definition) is 0. The van der Waals surface area contributed by atoms with Gasteiger partial charge in [-0.1, -0.05) is 59.6 Å². The largest absolute Gasteiger partial charge is 0.0896 e. The first-order chi connectivity index (χ1) is 6.19. The highest BCUT2D eigenvalue weighted by molar-refractivity contribution is 9.25. The summed E-state index contributed by atoms with van der Waals surface area (Å²) in [5.74, 6) is 1.74. The molecule has 2 aliphatic carbocycles. The third-order valence-corrected chi connectivity index (χ3v) is 7.56. The Balaban J connectivity index is 2.09. The lowest BCUT2D eigenvalue weighted by atomic mass is 9.70. The van der Waals surface area contributed by atoms with Crippen molar-refractivity contribution in [1.82, 2.24) is 0 Å². The predicted octanol–water partition coefficient (Wildman–Crippen LogP) is 4.95. The van der Waals surface area contributed by atoms with Crippen molar-refractivity contribution in [3.63, 3.8) is 0 Å². The molecule has 0 spiro atoms. The Morgan fingerprint density at radius 3 is 2.21 bits per heavy atom. The molecule has 0 unspecified atom stereocenters. The van der Waals surface area contributed by atoms with Crippen LogP contribution < -0.4 is 0 Å². The van der Waals surface area contributed by atoms with E-state index in [1.54, 1.807) is 0 Å². The van der Waals surface area contributed by atoms with Gasteiger partial charge in [-0.05, 0) is 41.9 Å². The van der Waals surface area contributed by atoms with E-state index in [1.165, 1.54) is 19.3 Å². The van der Waals surface area contributed by atoms with Gasteiger partial charge in [-0.2, -0.15) is 0 Å². The maximum Gasteiger partial charge on any atom is 0.0896 e. The first kappa shape index (κ1) is 11.4. The molecule has 0 heterocycles. The van der Waals surface area contributed by atoms with Crippen LogP contribution in [0.3, 0.4) is 0 Å². The third-order valence-electron chi connectivity index (χ3n) is 4.64. The molecule has 0 amide bonds. The zero-order valence-corrected chi connectivity index (χ0v) is 12.7. The number of halogens is 2. The molecule has 0 bridgehead atoms. The van der Waals surface area contributed by atoms with E-state index in [0.717, 1.165) is 11.8 Å². The topological polar surface area (TPSA) is 0 Å². The van der Waals surface area contributed by atoms with Crippen LogP contribution in [0.1, 0.15) is 47.0 Å². The molecule has 82 valence electrons. The molecule has 14 heavy (non-hydrogen) atoms. The van der Waals surface area contributed by atoms with Crippen LogP contribution in [0.25, 0.3) is 0 Å². The Labute approximate surface area is 104 Å². The van der Waals surface area contributed by atoms with E-state index in [0.29, 0.717) is 10.8 Å². The molecule has 0 aromatic rings. The molecule has 0 N–H and O–H groups in total. The van der Waals surface area contributed by atoms with Crippen LogP contribution in [0, 0.1) is 22.7 Å². The summed E-state index contributed by atoms with van der Waals surface area (Å²) < 4.78 is 0.257. The van der Waals surface area contributed by atoms with Gasteiger partial charge in [0, 0.05) is 0 Å². The SMILES string of the molecule is CC(C)(C)[C@@H]1CC[C@@]2(C)[C@@H](C1)C2(Br)Br. The lowest BCUT2D eigenvalue weighted by Crippen LogP contribution is -2.25. The monoisotopic (exact) mass is 322 g/mol. The van der Waals surface area contributed by atoms with Crippen molar-refractivity contribution in [3.05, 3.63) is 0 Å². The number of alkyl halides is 2. The summed E-state index contributed by atoms with van der Waals surface area (Å²) in [6, 6.07) is 0. The van der Waals surface area contributed by atoms with Gasteiger partial charge in [0.25, 0.3) is 0 Å². The first-order valence-corrected chi connectivity index (χ1v) is 7.16. The van der Waals surface area contributed by atoms with Gasteiger partial charge in [-0.25, -0.2) is 0 Å².